The second-order valence-electron chi connectivity index (χ2n) is 5.84. The Bertz CT molecular complexity index is 446. The second kappa shape index (κ2) is 7.30. The lowest BCUT2D eigenvalue weighted by Crippen LogP contribution is -2.28. The van der Waals surface area contributed by atoms with E-state index in [1.54, 1.807) is 7.11 Å². The van der Waals surface area contributed by atoms with Crippen molar-refractivity contribution in [2.45, 2.75) is 32.7 Å². The van der Waals surface area contributed by atoms with Crippen molar-refractivity contribution >= 4 is 11.6 Å². The van der Waals surface area contributed by atoms with Crippen molar-refractivity contribution in [2.75, 3.05) is 27.8 Å². The third kappa shape index (κ3) is 3.66. The SMILES string of the molecule is COc1c(C(C)C)cc(Cl)cc1C(C(C)CO)N(C)C. The molecule has 0 saturated carbocycles. The lowest BCUT2D eigenvalue weighted by Gasteiger charge is -2.32. The van der Waals surface area contributed by atoms with Crippen molar-refractivity contribution in [3.8, 4) is 5.75 Å². The van der Waals surface area contributed by atoms with Crippen LogP contribution in [0, 0.1) is 5.92 Å². The minimum Gasteiger partial charge on any atom is -0.496 e. The summed E-state index contributed by atoms with van der Waals surface area (Å²) in [5.74, 6) is 1.30. The van der Waals surface area contributed by atoms with Crippen molar-refractivity contribution in [1.29, 1.82) is 0 Å². The van der Waals surface area contributed by atoms with Crippen LogP contribution in [0.15, 0.2) is 12.1 Å². The maximum atomic E-state index is 9.53. The molecule has 114 valence electrons. The Morgan fingerprint density at radius 3 is 2.15 bits per heavy atom. The van der Waals surface area contributed by atoms with Crippen LogP contribution in [0.5, 0.6) is 5.75 Å². The molecule has 1 aromatic carbocycles. The Morgan fingerprint density at radius 1 is 1.20 bits per heavy atom. The number of aliphatic hydroxyl groups excluding tert-OH is 1. The molecule has 3 nitrogen and oxygen atoms in total. The summed E-state index contributed by atoms with van der Waals surface area (Å²) in [6.45, 7) is 6.39. The van der Waals surface area contributed by atoms with Crippen molar-refractivity contribution in [2.24, 2.45) is 5.92 Å². The van der Waals surface area contributed by atoms with Crippen LogP contribution in [0.3, 0.4) is 0 Å². The number of hydrogen-bond acceptors (Lipinski definition) is 3. The molecule has 4 heteroatoms. The van der Waals surface area contributed by atoms with Crippen LogP contribution in [0.4, 0.5) is 0 Å². The predicted molar refractivity (Wildman–Crippen MR) is 84.8 cm³/mol. The molecule has 1 N–H and O–H groups in total. The van der Waals surface area contributed by atoms with Gasteiger partial charge in [0.1, 0.15) is 5.75 Å². The Balaban J connectivity index is 3.47. The first kappa shape index (κ1) is 17.3. The van der Waals surface area contributed by atoms with Crippen molar-refractivity contribution in [3.05, 3.63) is 28.3 Å². The molecule has 1 aromatic rings. The Hall–Kier alpha value is -0.770. The zero-order chi connectivity index (χ0) is 15.4. The number of hydrogen-bond donors (Lipinski definition) is 1. The third-order valence-corrected chi connectivity index (χ3v) is 3.86. The average Bonchev–Trinajstić information content (AvgIpc) is 2.37. The van der Waals surface area contributed by atoms with Crippen LogP contribution < -0.4 is 4.74 Å². The van der Waals surface area contributed by atoms with E-state index in [1.807, 2.05) is 33.2 Å². The minimum atomic E-state index is 0.0612. The normalized spacial score (nSPS) is 14.7. The van der Waals surface area contributed by atoms with Crippen LogP contribution in [0.1, 0.15) is 43.9 Å². The molecule has 0 aliphatic carbocycles. The summed E-state index contributed by atoms with van der Waals surface area (Å²) >= 11 is 6.28. The summed E-state index contributed by atoms with van der Waals surface area (Å²) in [6.07, 6.45) is 0. The van der Waals surface area contributed by atoms with E-state index in [9.17, 15) is 5.11 Å². The molecule has 0 spiro atoms. The minimum absolute atomic E-state index is 0.0612. The van der Waals surface area contributed by atoms with Gasteiger partial charge in [0, 0.05) is 23.2 Å². The van der Waals surface area contributed by atoms with E-state index < -0.39 is 0 Å². The Labute approximate surface area is 127 Å². The summed E-state index contributed by atoms with van der Waals surface area (Å²) in [7, 11) is 5.70. The lowest BCUT2D eigenvalue weighted by atomic mass is 9.89. The predicted octanol–water partition coefficient (Wildman–Crippen LogP) is 3.70. The Morgan fingerprint density at radius 2 is 1.75 bits per heavy atom. The van der Waals surface area contributed by atoms with E-state index in [1.165, 1.54) is 0 Å². The van der Waals surface area contributed by atoms with Crippen LogP contribution >= 0.6 is 11.6 Å². The van der Waals surface area contributed by atoms with E-state index >= 15 is 0 Å². The fourth-order valence-corrected chi connectivity index (χ4v) is 2.95. The van der Waals surface area contributed by atoms with Gasteiger partial charge in [-0.05, 0) is 43.6 Å². The molecule has 0 aromatic heterocycles. The first-order valence-corrected chi connectivity index (χ1v) is 7.35. The van der Waals surface area contributed by atoms with Gasteiger partial charge in [-0.15, -0.1) is 0 Å². The smallest absolute Gasteiger partial charge is 0.127 e. The standard InChI is InChI=1S/C16H26ClNO2/c1-10(2)13-7-12(17)8-14(16(13)20-6)15(18(4)5)11(3)9-19/h7-8,10-11,15,19H,9H2,1-6H3. The van der Waals surface area contributed by atoms with Crippen LogP contribution in [0.2, 0.25) is 5.02 Å². The van der Waals surface area contributed by atoms with Crippen LogP contribution in [-0.2, 0) is 0 Å². The molecule has 0 amide bonds. The highest BCUT2D eigenvalue weighted by Gasteiger charge is 2.26. The fraction of sp³-hybridized carbons (Fsp3) is 0.625. The van der Waals surface area contributed by atoms with Gasteiger partial charge in [0.15, 0.2) is 0 Å². The monoisotopic (exact) mass is 299 g/mol. The van der Waals surface area contributed by atoms with Crippen LogP contribution in [-0.4, -0.2) is 37.8 Å². The molecule has 0 bridgehead atoms. The van der Waals surface area contributed by atoms with Gasteiger partial charge in [-0.3, -0.25) is 0 Å². The molecule has 0 aliphatic heterocycles. The van der Waals surface area contributed by atoms with E-state index in [4.69, 9.17) is 16.3 Å². The number of rotatable bonds is 6. The number of nitrogens with zero attached hydrogens (tertiary/aromatic N) is 1. The van der Waals surface area contributed by atoms with E-state index in [0.717, 1.165) is 16.9 Å². The maximum Gasteiger partial charge on any atom is 0.127 e. The zero-order valence-electron chi connectivity index (χ0n) is 13.3. The van der Waals surface area contributed by atoms with Crippen molar-refractivity contribution in [1.82, 2.24) is 4.90 Å². The molecule has 0 fully saturated rings. The van der Waals surface area contributed by atoms with Gasteiger partial charge < -0.3 is 14.7 Å². The lowest BCUT2D eigenvalue weighted by molar-refractivity contribution is 0.143. The average molecular weight is 300 g/mol. The number of aliphatic hydroxyl groups is 1. The molecule has 2 atom stereocenters. The zero-order valence-corrected chi connectivity index (χ0v) is 14.0. The largest absolute Gasteiger partial charge is 0.496 e. The van der Waals surface area contributed by atoms with E-state index in [0.29, 0.717) is 10.9 Å². The van der Waals surface area contributed by atoms with Gasteiger partial charge in [0.2, 0.25) is 0 Å². The quantitative estimate of drug-likeness (QED) is 0.869. The summed E-state index contributed by atoms with van der Waals surface area (Å²) in [4.78, 5) is 2.10. The molecule has 20 heavy (non-hydrogen) atoms. The van der Waals surface area contributed by atoms with Crippen molar-refractivity contribution in [3.63, 3.8) is 0 Å². The van der Waals surface area contributed by atoms with Gasteiger partial charge in [-0.2, -0.15) is 0 Å². The molecule has 2 unspecified atom stereocenters. The maximum absolute atomic E-state index is 9.53. The van der Waals surface area contributed by atoms with Crippen LogP contribution in [0.25, 0.3) is 0 Å². The summed E-state index contributed by atoms with van der Waals surface area (Å²) < 4.78 is 5.65. The first-order chi connectivity index (χ1) is 9.33. The highest BCUT2D eigenvalue weighted by Crippen LogP contribution is 2.40. The number of benzene rings is 1. The van der Waals surface area contributed by atoms with E-state index in [-0.39, 0.29) is 18.6 Å². The van der Waals surface area contributed by atoms with Gasteiger partial charge in [0.05, 0.1) is 7.11 Å². The van der Waals surface area contributed by atoms with Gasteiger partial charge in [0.25, 0.3) is 0 Å². The molecular formula is C16H26ClNO2. The molecular weight excluding hydrogens is 274 g/mol. The van der Waals surface area contributed by atoms with Crippen molar-refractivity contribution < 1.29 is 9.84 Å². The van der Waals surface area contributed by atoms with Gasteiger partial charge in [-0.25, -0.2) is 0 Å². The third-order valence-electron chi connectivity index (χ3n) is 3.64. The van der Waals surface area contributed by atoms with Gasteiger partial charge >= 0.3 is 0 Å². The second-order valence-corrected chi connectivity index (χ2v) is 6.28. The molecule has 1 rings (SSSR count). The highest BCUT2D eigenvalue weighted by atomic mass is 35.5. The summed E-state index contributed by atoms with van der Waals surface area (Å²) in [6, 6.07) is 3.97. The molecule has 0 saturated heterocycles. The first-order valence-electron chi connectivity index (χ1n) is 6.98. The molecule has 0 heterocycles. The Kier molecular flexibility index (Phi) is 6.31. The molecule has 0 aliphatic rings. The number of halogens is 1. The number of ether oxygens (including phenoxy) is 1. The topological polar surface area (TPSA) is 32.7 Å². The molecule has 0 radical (unpaired) electrons. The number of methoxy groups -OCH3 is 1. The highest BCUT2D eigenvalue weighted by molar-refractivity contribution is 6.30. The fourth-order valence-electron chi connectivity index (χ4n) is 2.71. The van der Waals surface area contributed by atoms with Gasteiger partial charge in [-0.1, -0.05) is 32.4 Å². The summed E-state index contributed by atoms with van der Waals surface area (Å²) in [5.41, 5.74) is 2.14. The van der Waals surface area contributed by atoms with E-state index in [2.05, 4.69) is 18.7 Å². The summed E-state index contributed by atoms with van der Waals surface area (Å²) in [5, 5.41) is 10.2.